The van der Waals surface area contributed by atoms with E-state index in [4.69, 9.17) is 5.73 Å². The molecule has 4 heteroatoms. The maximum Gasteiger partial charge on any atom is 0.119 e. The minimum atomic E-state index is -0.706. The molecule has 0 radical (unpaired) electrons. The molecular weight excluding hydrogens is 154 g/mol. The van der Waals surface area contributed by atoms with Gasteiger partial charge >= 0.3 is 0 Å². The van der Waals surface area contributed by atoms with Gasteiger partial charge in [-0.25, -0.2) is 0 Å². The van der Waals surface area contributed by atoms with Gasteiger partial charge in [-0.3, -0.25) is 4.99 Å². The van der Waals surface area contributed by atoms with E-state index in [1.54, 1.807) is 33.2 Å². The highest BCUT2D eigenvalue weighted by molar-refractivity contribution is 5.91. The fraction of sp³-hybridized carbons (Fsp3) is 0.625. The number of nitrogens with zero attached hydrogens (tertiary/aromatic N) is 1. The molecule has 0 heterocycles. The Balaban J connectivity index is 3.64. The number of nitrogens with two attached hydrogens (primary N) is 1. The van der Waals surface area contributed by atoms with E-state index in [0.29, 0.717) is 12.4 Å². The number of rotatable bonds is 4. The topological polar surface area (TPSA) is 70.6 Å². The van der Waals surface area contributed by atoms with Crippen molar-refractivity contribution in [2.24, 2.45) is 10.7 Å². The molecule has 0 saturated heterocycles. The zero-order chi connectivity index (χ0) is 9.61. The SMILES string of the molecule is CN=C(N)/C=C\NCC(C)(C)O. The van der Waals surface area contributed by atoms with Crippen molar-refractivity contribution in [2.45, 2.75) is 19.4 Å². The molecule has 0 aliphatic rings. The van der Waals surface area contributed by atoms with Crippen molar-refractivity contribution >= 4 is 5.84 Å². The first kappa shape index (κ1) is 11.0. The molecule has 4 nitrogen and oxygen atoms in total. The van der Waals surface area contributed by atoms with E-state index in [-0.39, 0.29) is 0 Å². The van der Waals surface area contributed by atoms with Crippen LogP contribution in [0.15, 0.2) is 17.3 Å². The number of nitrogens with one attached hydrogen (secondary N) is 1. The van der Waals surface area contributed by atoms with Crippen molar-refractivity contribution in [3.63, 3.8) is 0 Å². The summed E-state index contributed by atoms with van der Waals surface area (Å²) in [6.07, 6.45) is 3.31. The summed E-state index contributed by atoms with van der Waals surface area (Å²) in [4.78, 5) is 3.73. The van der Waals surface area contributed by atoms with Gasteiger partial charge in [0.05, 0.1) is 5.60 Å². The van der Waals surface area contributed by atoms with Crippen molar-refractivity contribution in [2.75, 3.05) is 13.6 Å². The number of aliphatic hydroxyl groups is 1. The monoisotopic (exact) mass is 171 g/mol. The fourth-order valence-corrected chi connectivity index (χ4v) is 0.528. The number of aliphatic imine (C=N–C) groups is 1. The molecule has 0 atom stereocenters. The van der Waals surface area contributed by atoms with Crippen LogP contribution in [0.3, 0.4) is 0 Å². The van der Waals surface area contributed by atoms with Crippen LogP contribution in [0.25, 0.3) is 0 Å². The molecule has 0 rings (SSSR count). The minimum absolute atomic E-state index is 0.457. The quantitative estimate of drug-likeness (QED) is 0.407. The lowest BCUT2D eigenvalue weighted by Crippen LogP contribution is -2.32. The lowest BCUT2D eigenvalue weighted by Gasteiger charge is -2.16. The lowest BCUT2D eigenvalue weighted by molar-refractivity contribution is 0.0835. The third-order valence-electron chi connectivity index (χ3n) is 1.16. The molecule has 0 spiro atoms. The smallest absolute Gasteiger partial charge is 0.119 e. The van der Waals surface area contributed by atoms with Crippen LogP contribution in [0, 0.1) is 0 Å². The molecule has 0 bridgehead atoms. The minimum Gasteiger partial charge on any atom is -0.389 e. The first-order valence-corrected chi connectivity index (χ1v) is 3.80. The zero-order valence-electron chi connectivity index (χ0n) is 7.83. The summed E-state index contributed by atoms with van der Waals surface area (Å²) in [6, 6.07) is 0. The Morgan fingerprint density at radius 3 is 2.67 bits per heavy atom. The van der Waals surface area contributed by atoms with Crippen LogP contribution in [0.5, 0.6) is 0 Å². The molecule has 0 aromatic heterocycles. The molecule has 0 amide bonds. The molecule has 0 aromatic rings. The van der Waals surface area contributed by atoms with Gasteiger partial charge in [-0.1, -0.05) is 0 Å². The number of hydrogen-bond donors (Lipinski definition) is 3. The third kappa shape index (κ3) is 7.08. The molecule has 0 saturated carbocycles. The molecule has 0 aromatic carbocycles. The van der Waals surface area contributed by atoms with Crippen molar-refractivity contribution in [1.82, 2.24) is 5.32 Å². The average molecular weight is 171 g/mol. The van der Waals surface area contributed by atoms with E-state index < -0.39 is 5.60 Å². The van der Waals surface area contributed by atoms with Crippen LogP contribution in [-0.4, -0.2) is 30.1 Å². The van der Waals surface area contributed by atoms with Gasteiger partial charge in [-0.15, -0.1) is 0 Å². The Morgan fingerprint density at radius 2 is 2.25 bits per heavy atom. The van der Waals surface area contributed by atoms with E-state index in [1.165, 1.54) is 0 Å². The second-order valence-electron chi connectivity index (χ2n) is 3.18. The van der Waals surface area contributed by atoms with Gasteiger partial charge in [0.25, 0.3) is 0 Å². The summed E-state index contributed by atoms with van der Waals surface area (Å²) in [6.45, 7) is 3.94. The van der Waals surface area contributed by atoms with Crippen LogP contribution < -0.4 is 11.1 Å². The summed E-state index contributed by atoms with van der Waals surface area (Å²) in [5, 5.41) is 12.2. The molecule has 0 unspecified atom stereocenters. The largest absolute Gasteiger partial charge is 0.389 e. The molecule has 0 aliphatic heterocycles. The van der Waals surface area contributed by atoms with Crippen LogP contribution in [0.2, 0.25) is 0 Å². The summed E-state index contributed by atoms with van der Waals surface area (Å²) in [5.74, 6) is 0.457. The summed E-state index contributed by atoms with van der Waals surface area (Å²) >= 11 is 0. The van der Waals surface area contributed by atoms with Crippen molar-refractivity contribution in [3.8, 4) is 0 Å². The highest BCUT2D eigenvalue weighted by Gasteiger charge is 2.09. The van der Waals surface area contributed by atoms with Gasteiger partial charge in [0.1, 0.15) is 5.84 Å². The van der Waals surface area contributed by atoms with E-state index in [9.17, 15) is 5.11 Å². The standard InChI is InChI=1S/C8H17N3O/c1-8(2,12)6-11-5-4-7(9)10-3/h4-5,11-12H,6H2,1-3H3,(H2,9,10)/b5-4-. The van der Waals surface area contributed by atoms with Crippen molar-refractivity contribution in [1.29, 1.82) is 0 Å². The molecular formula is C8H17N3O. The summed E-state index contributed by atoms with van der Waals surface area (Å²) in [7, 11) is 1.62. The van der Waals surface area contributed by atoms with Gasteiger partial charge in [-0.05, 0) is 19.9 Å². The second-order valence-corrected chi connectivity index (χ2v) is 3.18. The van der Waals surface area contributed by atoms with Gasteiger partial charge in [0, 0.05) is 19.8 Å². The molecule has 0 fully saturated rings. The highest BCUT2D eigenvalue weighted by atomic mass is 16.3. The predicted molar refractivity (Wildman–Crippen MR) is 51.0 cm³/mol. The molecule has 0 aliphatic carbocycles. The Hall–Kier alpha value is -1.03. The molecule has 70 valence electrons. The van der Waals surface area contributed by atoms with Gasteiger partial charge in [0.15, 0.2) is 0 Å². The van der Waals surface area contributed by atoms with Gasteiger partial charge in [-0.2, -0.15) is 0 Å². The Labute approximate surface area is 73.2 Å². The Kier molecular flexibility index (Phi) is 4.36. The first-order valence-electron chi connectivity index (χ1n) is 3.80. The molecule has 4 N–H and O–H groups in total. The highest BCUT2D eigenvalue weighted by Crippen LogP contribution is 1.96. The molecule has 12 heavy (non-hydrogen) atoms. The maximum absolute atomic E-state index is 9.28. The van der Waals surface area contributed by atoms with Gasteiger partial charge < -0.3 is 16.2 Å². The van der Waals surface area contributed by atoms with Crippen LogP contribution >= 0.6 is 0 Å². The van der Waals surface area contributed by atoms with E-state index in [0.717, 1.165) is 0 Å². The van der Waals surface area contributed by atoms with E-state index >= 15 is 0 Å². The fourth-order valence-electron chi connectivity index (χ4n) is 0.528. The second kappa shape index (κ2) is 4.77. The summed E-state index contributed by atoms with van der Waals surface area (Å²) in [5.41, 5.74) is 4.68. The Morgan fingerprint density at radius 1 is 1.67 bits per heavy atom. The summed E-state index contributed by atoms with van der Waals surface area (Å²) < 4.78 is 0. The maximum atomic E-state index is 9.28. The average Bonchev–Trinajstić information content (AvgIpc) is 1.96. The van der Waals surface area contributed by atoms with Crippen LogP contribution in [0.1, 0.15) is 13.8 Å². The lowest BCUT2D eigenvalue weighted by atomic mass is 10.1. The Bertz CT molecular complexity index is 179. The van der Waals surface area contributed by atoms with Crippen LogP contribution in [-0.2, 0) is 0 Å². The zero-order valence-corrected chi connectivity index (χ0v) is 7.83. The van der Waals surface area contributed by atoms with E-state index in [1.807, 2.05) is 0 Å². The van der Waals surface area contributed by atoms with Crippen molar-refractivity contribution in [3.05, 3.63) is 12.3 Å². The third-order valence-corrected chi connectivity index (χ3v) is 1.16. The normalized spacial score (nSPS) is 13.8. The number of hydrogen-bond acceptors (Lipinski definition) is 3. The van der Waals surface area contributed by atoms with E-state index in [2.05, 4.69) is 10.3 Å². The predicted octanol–water partition coefficient (Wildman–Crippen LogP) is -0.152. The van der Waals surface area contributed by atoms with Crippen molar-refractivity contribution < 1.29 is 5.11 Å². The van der Waals surface area contributed by atoms with Crippen LogP contribution in [0.4, 0.5) is 0 Å². The van der Waals surface area contributed by atoms with Gasteiger partial charge in [0.2, 0.25) is 0 Å². The number of amidine groups is 1. The first-order chi connectivity index (χ1) is 5.45.